The number of carbonyl (C=O) groups excluding carboxylic acids is 1. The molecule has 0 aromatic carbocycles. The Morgan fingerprint density at radius 3 is 1.80 bits per heavy atom. The number of halogens is 3. The zero-order chi connectivity index (χ0) is 12.4. The maximum atomic E-state index is 11.9. The number of carbonyl (C=O) groups is 2. The van der Waals surface area contributed by atoms with Crippen LogP contribution >= 0.6 is 0 Å². The highest BCUT2D eigenvalue weighted by Gasteiger charge is 2.43. The second kappa shape index (κ2) is 4.08. The molecule has 88 valence electrons. The zero-order valence-electron chi connectivity index (χ0n) is 8.47. The number of carboxylic acids is 1. The zero-order valence-corrected chi connectivity index (χ0v) is 8.47. The number of hydrogen-bond donors (Lipinski definition) is 2. The number of alkyl halides is 3. The van der Waals surface area contributed by atoms with Crippen molar-refractivity contribution in [3.8, 4) is 0 Å². The number of nitrogens with one attached hydrogen (secondary N) is 1. The molecule has 0 aliphatic rings. The molecule has 1 amide bonds. The van der Waals surface area contributed by atoms with Crippen LogP contribution in [-0.2, 0) is 9.59 Å². The molecule has 0 heterocycles. The Morgan fingerprint density at radius 1 is 1.20 bits per heavy atom. The van der Waals surface area contributed by atoms with E-state index in [4.69, 9.17) is 5.11 Å². The van der Waals surface area contributed by atoms with Crippen LogP contribution < -0.4 is 5.32 Å². The van der Waals surface area contributed by atoms with E-state index in [1.54, 1.807) is 0 Å². The Hall–Kier alpha value is -1.27. The number of amides is 1. The van der Waals surface area contributed by atoms with Gasteiger partial charge in [0.15, 0.2) is 0 Å². The van der Waals surface area contributed by atoms with Gasteiger partial charge in [-0.3, -0.25) is 4.79 Å². The molecule has 0 saturated carbocycles. The maximum absolute atomic E-state index is 11.9. The van der Waals surface area contributed by atoms with Crippen LogP contribution in [0.25, 0.3) is 0 Å². The summed E-state index contributed by atoms with van der Waals surface area (Å²) in [7, 11) is 0. The van der Waals surface area contributed by atoms with Gasteiger partial charge in [0.1, 0.15) is 6.04 Å². The van der Waals surface area contributed by atoms with E-state index in [0.29, 0.717) is 0 Å². The molecular weight excluding hydrogens is 215 g/mol. The first-order valence-corrected chi connectivity index (χ1v) is 4.06. The molecule has 0 aliphatic carbocycles. The molecule has 2 N–H and O–H groups in total. The summed E-state index contributed by atoms with van der Waals surface area (Å²) in [5.74, 6) is -3.75. The molecule has 0 spiro atoms. The number of aliphatic carboxylic acids is 1. The quantitative estimate of drug-likeness (QED) is 0.744. The molecular formula is C8H12F3NO3. The minimum Gasteiger partial charge on any atom is -0.480 e. The lowest BCUT2D eigenvalue weighted by Crippen LogP contribution is -2.52. The van der Waals surface area contributed by atoms with Crippen LogP contribution in [0.1, 0.15) is 20.8 Å². The largest absolute Gasteiger partial charge is 0.480 e. The van der Waals surface area contributed by atoms with E-state index in [9.17, 15) is 22.8 Å². The van der Waals surface area contributed by atoms with Gasteiger partial charge in [0, 0.05) is 0 Å². The molecule has 1 atom stereocenters. The van der Waals surface area contributed by atoms with Gasteiger partial charge in [0.2, 0.25) is 0 Å². The lowest BCUT2D eigenvalue weighted by Gasteiger charge is -2.27. The van der Waals surface area contributed by atoms with Crippen molar-refractivity contribution in [2.24, 2.45) is 5.41 Å². The molecule has 15 heavy (non-hydrogen) atoms. The standard InChI is InChI=1S/C8H12F3NO3/c1-7(2,3)4(5(13)14)12-6(15)8(9,10)11/h4H,1-3H3,(H,12,15)(H,13,14). The highest BCUT2D eigenvalue weighted by atomic mass is 19.4. The topological polar surface area (TPSA) is 66.4 Å². The van der Waals surface area contributed by atoms with Crippen molar-refractivity contribution in [3.05, 3.63) is 0 Å². The van der Waals surface area contributed by atoms with Gasteiger partial charge in [-0.25, -0.2) is 4.79 Å². The van der Waals surface area contributed by atoms with Gasteiger partial charge >= 0.3 is 18.1 Å². The van der Waals surface area contributed by atoms with Crippen molar-refractivity contribution in [3.63, 3.8) is 0 Å². The Balaban J connectivity index is 4.74. The maximum Gasteiger partial charge on any atom is 0.471 e. The fourth-order valence-electron chi connectivity index (χ4n) is 0.862. The van der Waals surface area contributed by atoms with E-state index < -0.39 is 29.5 Å². The van der Waals surface area contributed by atoms with Crippen LogP contribution in [0.5, 0.6) is 0 Å². The van der Waals surface area contributed by atoms with Crippen LogP contribution in [0.4, 0.5) is 13.2 Å². The molecule has 0 aromatic rings. The van der Waals surface area contributed by atoms with Gasteiger partial charge in [-0.15, -0.1) is 0 Å². The number of rotatable bonds is 2. The number of carboxylic acid groups (broad SMARTS) is 1. The van der Waals surface area contributed by atoms with E-state index in [2.05, 4.69) is 0 Å². The number of hydrogen-bond acceptors (Lipinski definition) is 2. The third kappa shape index (κ3) is 4.18. The lowest BCUT2D eigenvalue weighted by molar-refractivity contribution is -0.176. The van der Waals surface area contributed by atoms with E-state index in [-0.39, 0.29) is 0 Å². The van der Waals surface area contributed by atoms with Gasteiger partial charge < -0.3 is 10.4 Å². The summed E-state index contributed by atoms with van der Waals surface area (Å²) in [6.07, 6.45) is -5.07. The second-order valence-electron chi connectivity index (χ2n) is 4.11. The monoisotopic (exact) mass is 227 g/mol. The minimum absolute atomic E-state index is 0.993. The Morgan fingerprint density at radius 2 is 1.60 bits per heavy atom. The highest BCUT2D eigenvalue weighted by Crippen LogP contribution is 2.22. The summed E-state index contributed by atoms with van der Waals surface area (Å²) in [5, 5.41) is 10.1. The first-order valence-electron chi connectivity index (χ1n) is 4.06. The van der Waals surface area contributed by atoms with Crippen molar-refractivity contribution in [2.75, 3.05) is 0 Å². The summed E-state index contributed by atoms with van der Waals surface area (Å²) >= 11 is 0. The van der Waals surface area contributed by atoms with Gasteiger partial charge in [-0.2, -0.15) is 13.2 Å². The Labute approximate surface area is 84.5 Å². The fraction of sp³-hybridized carbons (Fsp3) is 0.750. The van der Waals surface area contributed by atoms with E-state index in [0.717, 1.165) is 0 Å². The van der Waals surface area contributed by atoms with E-state index >= 15 is 0 Å². The minimum atomic E-state index is -5.07. The van der Waals surface area contributed by atoms with E-state index in [1.807, 2.05) is 0 Å². The summed E-state index contributed by atoms with van der Waals surface area (Å²) < 4.78 is 35.6. The van der Waals surface area contributed by atoms with Crippen LogP contribution in [0.15, 0.2) is 0 Å². The first kappa shape index (κ1) is 13.7. The predicted octanol–water partition coefficient (Wildman–Crippen LogP) is 1.16. The Bertz CT molecular complexity index is 267. The third-order valence-electron chi connectivity index (χ3n) is 1.65. The summed E-state index contributed by atoms with van der Waals surface area (Å²) in [6, 6.07) is -1.58. The van der Waals surface area contributed by atoms with Crippen molar-refractivity contribution in [1.29, 1.82) is 0 Å². The first-order chi connectivity index (χ1) is 6.46. The molecule has 0 aliphatic heterocycles. The van der Waals surface area contributed by atoms with Gasteiger partial charge in [0.25, 0.3) is 0 Å². The molecule has 0 rings (SSSR count). The van der Waals surface area contributed by atoms with E-state index in [1.165, 1.54) is 26.1 Å². The normalized spacial score (nSPS) is 14.5. The third-order valence-corrected chi connectivity index (χ3v) is 1.65. The molecule has 0 saturated heterocycles. The molecule has 4 nitrogen and oxygen atoms in total. The SMILES string of the molecule is CC(C)(C)C(NC(=O)C(F)(F)F)C(=O)O. The van der Waals surface area contributed by atoms with Crippen molar-refractivity contribution in [2.45, 2.75) is 33.0 Å². The van der Waals surface area contributed by atoms with Crippen LogP contribution in [0, 0.1) is 5.41 Å². The summed E-state index contributed by atoms with van der Waals surface area (Å²) in [5.41, 5.74) is -0.993. The molecule has 0 aromatic heterocycles. The predicted molar refractivity (Wildman–Crippen MR) is 45.1 cm³/mol. The van der Waals surface area contributed by atoms with Crippen molar-refractivity contribution < 1.29 is 27.9 Å². The van der Waals surface area contributed by atoms with Crippen LogP contribution in [-0.4, -0.2) is 29.2 Å². The average Bonchev–Trinajstić information content (AvgIpc) is 1.94. The second-order valence-corrected chi connectivity index (χ2v) is 4.11. The smallest absolute Gasteiger partial charge is 0.471 e. The molecule has 1 unspecified atom stereocenters. The summed E-state index contributed by atoms with van der Waals surface area (Å²) in [6.45, 7) is 4.26. The highest BCUT2D eigenvalue weighted by molar-refractivity contribution is 5.87. The Kier molecular flexibility index (Phi) is 3.73. The van der Waals surface area contributed by atoms with Crippen LogP contribution in [0.3, 0.4) is 0 Å². The van der Waals surface area contributed by atoms with Crippen molar-refractivity contribution in [1.82, 2.24) is 5.32 Å². The molecule has 7 heteroatoms. The fourth-order valence-corrected chi connectivity index (χ4v) is 0.862. The summed E-state index contributed by atoms with van der Waals surface area (Å²) in [4.78, 5) is 21.2. The van der Waals surface area contributed by atoms with Gasteiger partial charge in [0.05, 0.1) is 0 Å². The van der Waals surface area contributed by atoms with Crippen molar-refractivity contribution >= 4 is 11.9 Å². The van der Waals surface area contributed by atoms with Gasteiger partial charge in [-0.1, -0.05) is 20.8 Å². The van der Waals surface area contributed by atoms with Crippen LogP contribution in [0.2, 0.25) is 0 Å². The van der Waals surface area contributed by atoms with Gasteiger partial charge in [-0.05, 0) is 5.41 Å². The lowest BCUT2D eigenvalue weighted by atomic mass is 9.87. The average molecular weight is 227 g/mol. The molecule has 0 bridgehead atoms. The molecule has 0 fully saturated rings. The molecule has 0 radical (unpaired) electrons.